The van der Waals surface area contributed by atoms with Gasteiger partial charge in [0.1, 0.15) is 0 Å². The number of nitro groups is 1. The van der Waals surface area contributed by atoms with Crippen LogP contribution in [-0.4, -0.2) is 40.4 Å². The van der Waals surface area contributed by atoms with Crippen molar-refractivity contribution in [2.24, 2.45) is 0 Å². The van der Waals surface area contributed by atoms with Crippen molar-refractivity contribution in [3.63, 3.8) is 0 Å². The molecule has 1 aromatic carbocycles. The lowest BCUT2D eigenvalue weighted by molar-refractivity contribution is -0.384. The Morgan fingerprint density at radius 2 is 1.96 bits per heavy atom. The Balaban J connectivity index is 2.73. The molecular weight excluding hydrogens is 314 g/mol. The van der Waals surface area contributed by atoms with E-state index in [9.17, 15) is 24.8 Å². The fraction of sp³-hybridized carbons (Fsp3) is 0.250. The molecule has 0 saturated carbocycles. The molecule has 0 aromatic heterocycles. The maximum absolute atomic E-state index is 11.8. The van der Waals surface area contributed by atoms with Gasteiger partial charge in [-0.25, -0.2) is 4.79 Å². The molecule has 24 heavy (non-hydrogen) atoms. The number of nitro benzene ring substituents is 1. The first kappa shape index (κ1) is 17.2. The lowest BCUT2D eigenvalue weighted by Gasteiger charge is -2.32. The van der Waals surface area contributed by atoms with Gasteiger partial charge in [0.15, 0.2) is 0 Å². The topological polar surface area (TPSA) is 113 Å². The van der Waals surface area contributed by atoms with Crippen LogP contribution < -0.4 is 5.32 Å². The number of rotatable bonds is 5. The summed E-state index contributed by atoms with van der Waals surface area (Å²) in [7, 11) is 1.52. The highest BCUT2D eigenvalue weighted by molar-refractivity contribution is 6.03. The van der Waals surface area contributed by atoms with Gasteiger partial charge < -0.3 is 15.3 Å². The molecule has 0 bridgehead atoms. The summed E-state index contributed by atoms with van der Waals surface area (Å²) in [4.78, 5) is 34.6. The fourth-order valence-electron chi connectivity index (χ4n) is 2.82. The Bertz CT molecular complexity index is 764. The minimum Gasteiger partial charge on any atom is -0.478 e. The summed E-state index contributed by atoms with van der Waals surface area (Å²) in [5.41, 5.74) is 1.94. The molecule has 0 spiro atoms. The molecule has 2 rings (SSSR count). The zero-order chi connectivity index (χ0) is 18.0. The highest BCUT2D eigenvalue weighted by Crippen LogP contribution is 2.35. The average molecular weight is 331 g/mol. The van der Waals surface area contributed by atoms with Gasteiger partial charge in [-0.05, 0) is 31.5 Å². The molecule has 8 nitrogen and oxygen atoms in total. The number of hydrogen-bond donors (Lipinski definition) is 2. The van der Waals surface area contributed by atoms with Gasteiger partial charge >= 0.3 is 5.97 Å². The highest BCUT2D eigenvalue weighted by atomic mass is 16.6. The molecule has 0 radical (unpaired) electrons. The summed E-state index contributed by atoms with van der Waals surface area (Å²) in [5, 5.41) is 23.5. The second-order valence-corrected chi connectivity index (χ2v) is 5.45. The van der Waals surface area contributed by atoms with Crippen LogP contribution >= 0.6 is 0 Å². The molecule has 1 aromatic rings. The largest absolute Gasteiger partial charge is 0.478 e. The Morgan fingerprint density at radius 3 is 2.42 bits per heavy atom. The fourth-order valence-corrected chi connectivity index (χ4v) is 2.82. The molecular formula is C16H17N3O5. The number of carbonyl (C=O) groups is 2. The van der Waals surface area contributed by atoms with Crippen LogP contribution in [0.15, 0.2) is 41.2 Å². The number of likely N-dealkylation sites (N-methyl/N-ethyl adjacent to an activating group) is 1. The number of hydrogen-bond acceptors (Lipinski definition) is 5. The van der Waals surface area contributed by atoms with E-state index in [0.29, 0.717) is 28.9 Å². The number of nitrogens with one attached hydrogen (secondary N) is 1. The predicted octanol–water partition coefficient (Wildman–Crippen LogP) is 1.74. The van der Waals surface area contributed by atoms with E-state index in [-0.39, 0.29) is 11.3 Å². The van der Waals surface area contributed by atoms with Crippen LogP contribution in [0.4, 0.5) is 5.69 Å². The van der Waals surface area contributed by atoms with Gasteiger partial charge in [0.2, 0.25) is 6.41 Å². The molecule has 1 unspecified atom stereocenters. The van der Waals surface area contributed by atoms with Crippen molar-refractivity contribution in [2.75, 3.05) is 7.05 Å². The minimum atomic E-state index is -1.12. The second-order valence-electron chi connectivity index (χ2n) is 5.45. The quantitative estimate of drug-likeness (QED) is 0.483. The maximum atomic E-state index is 11.8. The number of carboxylic acid groups (broad SMARTS) is 1. The number of non-ortho nitro benzene ring substituents is 1. The zero-order valence-electron chi connectivity index (χ0n) is 13.4. The number of nitrogens with zero attached hydrogens (tertiary/aromatic N) is 2. The number of allylic oxidation sites excluding steroid dienone is 2. The average Bonchev–Trinajstić information content (AvgIpc) is 2.53. The first-order valence-corrected chi connectivity index (χ1v) is 7.16. The molecule has 1 aliphatic heterocycles. The summed E-state index contributed by atoms with van der Waals surface area (Å²) in [6, 6.07) is 5.11. The Morgan fingerprint density at radius 1 is 1.38 bits per heavy atom. The van der Waals surface area contributed by atoms with E-state index in [2.05, 4.69) is 5.32 Å². The molecule has 8 heteroatoms. The highest BCUT2D eigenvalue weighted by Gasteiger charge is 2.31. The van der Waals surface area contributed by atoms with Crippen LogP contribution in [0.25, 0.3) is 5.57 Å². The number of carboxylic acids is 1. The van der Waals surface area contributed by atoms with Gasteiger partial charge in [-0.2, -0.15) is 0 Å². The molecule has 2 N–H and O–H groups in total. The third kappa shape index (κ3) is 2.98. The van der Waals surface area contributed by atoms with E-state index >= 15 is 0 Å². The number of aliphatic carboxylic acids is 1. The molecule has 1 aliphatic rings. The van der Waals surface area contributed by atoms with Crippen molar-refractivity contribution in [3.8, 4) is 0 Å². The third-order valence-electron chi connectivity index (χ3n) is 3.84. The van der Waals surface area contributed by atoms with Crippen molar-refractivity contribution >= 4 is 23.6 Å². The standard InChI is InChI=1S/C16H17N3O5/c1-9-13(16(21)22)14(15(10(2)17-9)18(3)8-20)11-4-6-12(7-5-11)19(23)24/h4-9,17H,1-3H3,(H,21,22). The van der Waals surface area contributed by atoms with E-state index in [0.717, 1.165) is 0 Å². The summed E-state index contributed by atoms with van der Waals surface area (Å²) in [6.07, 6.45) is 0.585. The van der Waals surface area contributed by atoms with Crippen LogP contribution in [0.3, 0.4) is 0 Å². The minimum absolute atomic E-state index is 0.0933. The Hall–Kier alpha value is -3.16. The van der Waals surface area contributed by atoms with E-state index in [1.54, 1.807) is 13.8 Å². The molecule has 1 heterocycles. The summed E-state index contributed by atoms with van der Waals surface area (Å²) in [5.74, 6) is -1.12. The van der Waals surface area contributed by atoms with Gasteiger partial charge in [0, 0.05) is 30.5 Å². The van der Waals surface area contributed by atoms with Gasteiger partial charge in [0.25, 0.3) is 5.69 Å². The number of carbonyl (C=O) groups excluding carboxylic acids is 1. The number of dihydropyridines is 1. The monoisotopic (exact) mass is 331 g/mol. The van der Waals surface area contributed by atoms with E-state index in [1.807, 2.05) is 0 Å². The Kier molecular flexibility index (Phi) is 4.68. The third-order valence-corrected chi connectivity index (χ3v) is 3.84. The molecule has 1 atom stereocenters. The van der Waals surface area contributed by atoms with Crippen LogP contribution in [0, 0.1) is 10.1 Å². The van der Waals surface area contributed by atoms with E-state index < -0.39 is 16.9 Å². The smallest absolute Gasteiger partial charge is 0.334 e. The summed E-state index contributed by atoms with van der Waals surface area (Å²) in [6.45, 7) is 3.45. The van der Waals surface area contributed by atoms with Gasteiger partial charge in [-0.3, -0.25) is 14.9 Å². The SMILES string of the molecule is CC1=C(N(C)C=O)C(c2ccc([N+](=O)[O-])cc2)=C(C(=O)O)C(C)N1. The maximum Gasteiger partial charge on any atom is 0.334 e. The molecule has 0 saturated heterocycles. The van der Waals surface area contributed by atoms with Crippen molar-refractivity contribution in [3.05, 3.63) is 56.9 Å². The van der Waals surface area contributed by atoms with E-state index in [4.69, 9.17) is 0 Å². The first-order valence-electron chi connectivity index (χ1n) is 7.16. The van der Waals surface area contributed by atoms with Crippen molar-refractivity contribution in [1.82, 2.24) is 10.2 Å². The van der Waals surface area contributed by atoms with E-state index in [1.165, 1.54) is 36.2 Å². The number of benzene rings is 1. The van der Waals surface area contributed by atoms with Crippen molar-refractivity contribution in [2.45, 2.75) is 19.9 Å². The molecule has 126 valence electrons. The predicted molar refractivity (Wildman–Crippen MR) is 86.8 cm³/mol. The van der Waals surface area contributed by atoms with Crippen LogP contribution in [0.5, 0.6) is 0 Å². The second kappa shape index (κ2) is 6.53. The van der Waals surface area contributed by atoms with Crippen LogP contribution in [0.2, 0.25) is 0 Å². The lowest BCUT2D eigenvalue weighted by Crippen LogP contribution is -2.38. The van der Waals surface area contributed by atoms with Crippen molar-refractivity contribution in [1.29, 1.82) is 0 Å². The van der Waals surface area contributed by atoms with Gasteiger partial charge in [-0.15, -0.1) is 0 Å². The van der Waals surface area contributed by atoms with Gasteiger partial charge in [-0.1, -0.05) is 0 Å². The lowest BCUT2D eigenvalue weighted by atomic mass is 9.88. The molecule has 0 fully saturated rings. The zero-order valence-corrected chi connectivity index (χ0v) is 13.4. The van der Waals surface area contributed by atoms with Crippen LogP contribution in [0.1, 0.15) is 19.4 Å². The van der Waals surface area contributed by atoms with Crippen molar-refractivity contribution < 1.29 is 19.6 Å². The summed E-state index contributed by atoms with van der Waals surface area (Å²) >= 11 is 0. The number of amides is 1. The molecule has 0 aliphatic carbocycles. The molecule has 1 amide bonds. The first-order chi connectivity index (χ1) is 11.3. The van der Waals surface area contributed by atoms with Crippen LogP contribution in [-0.2, 0) is 9.59 Å². The summed E-state index contributed by atoms with van der Waals surface area (Å²) < 4.78 is 0. The normalized spacial score (nSPS) is 17.4. The Labute approximate surface area is 138 Å². The van der Waals surface area contributed by atoms with Gasteiger partial charge in [0.05, 0.1) is 22.2 Å².